The van der Waals surface area contributed by atoms with E-state index in [4.69, 9.17) is 4.74 Å². The first kappa shape index (κ1) is 28.0. The van der Waals surface area contributed by atoms with Gasteiger partial charge in [-0.3, -0.25) is 0 Å². The number of benzene rings is 3. The molecule has 1 N–H and O–H groups in total. The van der Waals surface area contributed by atoms with Gasteiger partial charge >= 0.3 is 5.97 Å². The quantitative estimate of drug-likeness (QED) is 0.235. The average molecular weight is 548 g/mol. The molecular formula is C30H33N3O5S. The lowest BCUT2D eigenvalue weighted by atomic mass is 9.76. The van der Waals surface area contributed by atoms with Crippen molar-refractivity contribution in [2.75, 3.05) is 0 Å². The third-order valence-electron chi connectivity index (χ3n) is 7.05. The summed E-state index contributed by atoms with van der Waals surface area (Å²) in [4.78, 5) is 13.5. The zero-order chi connectivity index (χ0) is 28.8. The van der Waals surface area contributed by atoms with Crippen LogP contribution in [0.1, 0.15) is 52.7 Å². The van der Waals surface area contributed by atoms with E-state index in [1.807, 2.05) is 40.7 Å². The molecule has 39 heavy (non-hydrogen) atoms. The molecule has 4 rings (SSSR count). The molecule has 0 saturated heterocycles. The molecule has 204 valence electrons. The molecule has 0 fully saturated rings. The van der Waals surface area contributed by atoms with Gasteiger partial charge in [0.2, 0.25) is 9.84 Å². The van der Waals surface area contributed by atoms with E-state index in [-0.39, 0.29) is 15.5 Å². The van der Waals surface area contributed by atoms with Crippen molar-refractivity contribution in [1.82, 2.24) is 15.0 Å². The van der Waals surface area contributed by atoms with Crippen molar-refractivity contribution in [3.63, 3.8) is 0 Å². The van der Waals surface area contributed by atoms with E-state index in [9.17, 15) is 18.3 Å². The molecular weight excluding hydrogens is 514 g/mol. The molecule has 1 heterocycles. The number of sulfone groups is 1. The summed E-state index contributed by atoms with van der Waals surface area (Å²) in [5, 5.41) is 20.4. The monoisotopic (exact) mass is 547 g/mol. The molecule has 0 radical (unpaired) electrons. The van der Waals surface area contributed by atoms with Crippen LogP contribution in [0.15, 0.2) is 83.1 Å². The number of phenolic OH excluding ortho intramolecular Hbond substituents is 1. The largest absolute Gasteiger partial charge is 0.505 e. The first-order valence-corrected chi connectivity index (χ1v) is 14.0. The summed E-state index contributed by atoms with van der Waals surface area (Å²) < 4.78 is 31.8. The van der Waals surface area contributed by atoms with Crippen LogP contribution in [0.3, 0.4) is 0 Å². The summed E-state index contributed by atoms with van der Waals surface area (Å²) in [6.07, 6.45) is 0.615. The van der Waals surface area contributed by atoms with Crippen molar-refractivity contribution in [2.24, 2.45) is 0 Å². The van der Waals surface area contributed by atoms with Crippen molar-refractivity contribution in [1.29, 1.82) is 0 Å². The molecule has 1 aromatic heterocycles. The number of rotatable bonds is 7. The molecule has 9 heteroatoms. The number of ether oxygens (including phenoxy) is 1. The third kappa shape index (κ3) is 5.31. The normalized spacial score (nSPS) is 13.3. The zero-order valence-corrected chi connectivity index (χ0v) is 23.8. The number of aromatic hydroxyl groups is 1. The Hall–Kier alpha value is -3.98. The van der Waals surface area contributed by atoms with Gasteiger partial charge in [0.15, 0.2) is 0 Å². The zero-order valence-electron chi connectivity index (χ0n) is 23.0. The molecule has 0 spiro atoms. The fourth-order valence-electron chi connectivity index (χ4n) is 4.22. The van der Waals surface area contributed by atoms with Gasteiger partial charge in [0, 0.05) is 17.1 Å². The second kappa shape index (κ2) is 9.96. The first-order chi connectivity index (χ1) is 18.2. The summed E-state index contributed by atoms with van der Waals surface area (Å²) >= 11 is 0. The highest BCUT2D eigenvalue weighted by Crippen LogP contribution is 2.40. The van der Waals surface area contributed by atoms with Crippen LogP contribution in [0.2, 0.25) is 0 Å². The highest BCUT2D eigenvalue weighted by molar-refractivity contribution is 7.91. The molecule has 8 nitrogen and oxygen atoms in total. The van der Waals surface area contributed by atoms with Crippen LogP contribution in [-0.4, -0.2) is 40.6 Å². The van der Waals surface area contributed by atoms with Crippen LogP contribution < -0.4 is 0 Å². The fourth-order valence-corrected chi connectivity index (χ4v) is 5.53. The van der Waals surface area contributed by atoms with Crippen LogP contribution in [0.4, 0.5) is 0 Å². The standard InChI is InChI=1S/C30H33N3O5S/c1-8-27(34)38-19(2)30(6,7)20-16-23(29(3,4)5)28(35)26(17-20)33-31-24-15-14-22(18-25(24)32-33)39(36,37)21-12-10-9-11-13-21/h8-19,35H,1H2,2-7H3. The molecule has 0 amide bonds. The van der Waals surface area contributed by atoms with Gasteiger partial charge in [0.1, 0.15) is 28.6 Å². The minimum absolute atomic E-state index is 0.00947. The van der Waals surface area contributed by atoms with Gasteiger partial charge in [-0.25, -0.2) is 13.2 Å². The predicted molar refractivity (Wildman–Crippen MR) is 150 cm³/mol. The minimum atomic E-state index is -3.74. The highest BCUT2D eigenvalue weighted by atomic mass is 32.2. The maximum atomic E-state index is 13.1. The maximum Gasteiger partial charge on any atom is 0.330 e. The number of carbonyl (C=O) groups excluding carboxylic acids is 1. The Kier molecular flexibility index (Phi) is 7.16. The van der Waals surface area contributed by atoms with E-state index >= 15 is 0 Å². The number of hydrogen-bond acceptors (Lipinski definition) is 7. The van der Waals surface area contributed by atoms with Crippen LogP contribution in [-0.2, 0) is 30.2 Å². The molecule has 0 saturated carbocycles. The molecule has 0 aliphatic carbocycles. The third-order valence-corrected chi connectivity index (χ3v) is 8.82. The molecule has 0 aliphatic heterocycles. The number of aromatic nitrogens is 3. The van der Waals surface area contributed by atoms with Crippen LogP contribution in [0.25, 0.3) is 16.7 Å². The highest BCUT2D eigenvalue weighted by Gasteiger charge is 2.34. The summed E-state index contributed by atoms with van der Waals surface area (Å²) in [5.41, 5.74) is 1.55. The lowest BCUT2D eigenvalue weighted by Gasteiger charge is -2.33. The number of carbonyl (C=O) groups is 1. The van der Waals surface area contributed by atoms with Gasteiger partial charge in [-0.2, -0.15) is 0 Å². The molecule has 1 atom stereocenters. The number of hydrogen-bond donors (Lipinski definition) is 1. The van der Waals surface area contributed by atoms with Gasteiger partial charge in [0.25, 0.3) is 0 Å². The Balaban J connectivity index is 1.86. The Morgan fingerprint density at radius 3 is 2.23 bits per heavy atom. The van der Waals surface area contributed by atoms with E-state index in [1.165, 1.54) is 16.9 Å². The van der Waals surface area contributed by atoms with Gasteiger partial charge in [0.05, 0.1) is 9.79 Å². The van der Waals surface area contributed by atoms with Crippen molar-refractivity contribution in [3.05, 3.63) is 84.4 Å². The van der Waals surface area contributed by atoms with Gasteiger partial charge < -0.3 is 9.84 Å². The molecule has 3 aromatic carbocycles. The number of fused-ring (bicyclic) bond motifs is 1. The van der Waals surface area contributed by atoms with Gasteiger partial charge in [-0.1, -0.05) is 65.5 Å². The van der Waals surface area contributed by atoms with Crippen molar-refractivity contribution in [3.8, 4) is 11.4 Å². The Morgan fingerprint density at radius 1 is 0.974 bits per heavy atom. The van der Waals surface area contributed by atoms with Crippen LogP contribution in [0, 0.1) is 0 Å². The second-order valence-corrected chi connectivity index (χ2v) is 13.1. The SMILES string of the molecule is C=CC(=O)OC(C)C(C)(C)c1cc(-n2nc3ccc(S(=O)(=O)c4ccccc4)cc3n2)c(O)c(C(C)(C)C)c1. The topological polar surface area (TPSA) is 111 Å². The van der Waals surface area contributed by atoms with E-state index in [0.717, 1.165) is 11.6 Å². The molecule has 1 unspecified atom stereocenters. The molecule has 0 bridgehead atoms. The fraction of sp³-hybridized carbons (Fsp3) is 0.300. The Bertz CT molecular complexity index is 1670. The smallest absolute Gasteiger partial charge is 0.330 e. The van der Waals surface area contributed by atoms with Crippen LogP contribution in [0.5, 0.6) is 5.75 Å². The number of nitrogens with zero attached hydrogens (tertiary/aromatic N) is 3. The lowest BCUT2D eigenvalue weighted by Crippen LogP contribution is -2.35. The van der Waals surface area contributed by atoms with Crippen molar-refractivity contribution in [2.45, 2.75) is 68.3 Å². The first-order valence-electron chi connectivity index (χ1n) is 12.5. The van der Waals surface area contributed by atoms with E-state index in [0.29, 0.717) is 22.3 Å². The molecule has 4 aromatic rings. The average Bonchev–Trinajstić information content (AvgIpc) is 3.31. The minimum Gasteiger partial charge on any atom is -0.505 e. The van der Waals surface area contributed by atoms with E-state index < -0.39 is 32.7 Å². The lowest BCUT2D eigenvalue weighted by molar-refractivity contribution is -0.145. The summed E-state index contributed by atoms with van der Waals surface area (Å²) in [5.74, 6) is -0.512. The summed E-state index contributed by atoms with van der Waals surface area (Å²) in [6, 6.07) is 16.4. The van der Waals surface area contributed by atoms with Crippen molar-refractivity contribution < 1.29 is 23.1 Å². The Morgan fingerprint density at radius 2 is 1.62 bits per heavy atom. The van der Waals surface area contributed by atoms with Crippen molar-refractivity contribution >= 4 is 26.8 Å². The van der Waals surface area contributed by atoms with Gasteiger partial charge in [-0.05, 0) is 54.3 Å². The number of phenols is 1. The number of esters is 1. The summed E-state index contributed by atoms with van der Waals surface area (Å²) in [7, 11) is -3.74. The Labute approximate surface area is 228 Å². The van der Waals surface area contributed by atoms with Gasteiger partial charge in [-0.15, -0.1) is 15.0 Å². The van der Waals surface area contributed by atoms with Crippen LogP contribution >= 0.6 is 0 Å². The second-order valence-electron chi connectivity index (χ2n) is 11.1. The molecule has 0 aliphatic rings. The summed E-state index contributed by atoms with van der Waals surface area (Å²) in [6.45, 7) is 15.1. The predicted octanol–water partition coefficient (Wildman–Crippen LogP) is 5.65. The van der Waals surface area contributed by atoms with E-state index in [1.54, 1.807) is 49.4 Å². The maximum absolute atomic E-state index is 13.1. The van der Waals surface area contributed by atoms with E-state index in [2.05, 4.69) is 16.8 Å².